The summed E-state index contributed by atoms with van der Waals surface area (Å²) in [6.45, 7) is 2.29. The number of thioether (sulfide) groups is 1. The number of halogens is 1. The first-order chi connectivity index (χ1) is 12.6. The van der Waals surface area contributed by atoms with E-state index in [2.05, 4.69) is 0 Å². The van der Waals surface area contributed by atoms with Crippen LogP contribution in [0.25, 0.3) is 6.08 Å². The lowest BCUT2D eigenvalue weighted by Gasteiger charge is -2.16. The van der Waals surface area contributed by atoms with E-state index in [-0.39, 0.29) is 10.1 Å². The number of hydrogen-bond donors (Lipinski definition) is 0. The first-order valence-corrected chi connectivity index (χ1v) is 9.21. The normalized spacial score (nSPS) is 16.5. The molecule has 1 fully saturated rings. The first kappa shape index (κ1) is 18.3. The maximum atomic E-state index is 12.7. The quantitative estimate of drug-likeness (QED) is 0.642. The van der Waals surface area contributed by atoms with Crippen LogP contribution in [0.5, 0.6) is 5.75 Å². The Morgan fingerprint density at radius 1 is 1.12 bits per heavy atom. The Kier molecular flexibility index (Phi) is 5.81. The number of carbonyl (C=O) groups is 2. The fourth-order valence-electron chi connectivity index (χ4n) is 2.47. The summed E-state index contributed by atoms with van der Waals surface area (Å²) in [6.07, 6.45) is 3.26. The Morgan fingerprint density at radius 2 is 1.81 bits per heavy atom. The number of ether oxygens (including phenoxy) is 1. The second kappa shape index (κ2) is 8.25. The highest BCUT2D eigenvalue weighted by Crippen LogP contribution is 2.39. The molecule has 1 heterocycles. The minimum Gasteiger partial charge on any atom is -0.492 e. The van der Waals surface area contributed by atoms with E-state index in [9.17, 15) is 9.59 Å². The van der Waals surface area contributed by atoms with Crippen LogP contribution in [0.1, 0.15) is 12.5 Å². The third-order valence-corrected chi connectivity index (χ3v) is 4.66. The molecule has 1 aliphatic rings. The Labute approximate surface area is 161 Å². The molecule has 2 amide bonds. The van der Waals surface area contributed by atoms with E-state index < -0.39 is 5.91 Å². The van der Waals surface area contributed by atoms with Crippen LogP contribution in [0.3, 0.4) is 0 Å². The van der Waals surface area contributed by atoms with Gasteiger partial charge in [0.15, 0.2) is 0 Å². The zero-order valence-electron chi connectivity index (χ0n) is 14.0. The lowest BCUT2D eigenvalue weighted by atomic mass is 10.2. The summed E-state index contributed by atoms with van der Waals surface area (Å²) in [5.74, 6) is 0.0799. The molecular formula is C20H16ClNO3S. The van der Waals surface area contributed by atoms with Crippen molar-refractivity contribution in [2.75, 3.05) is 11.5 Å². The fraction of sp³-hybridized carbons (Fsp3) is 0.100. The van der Waals surface area contributed by atoms with Crippen LogP contribution in [0.15, 0.2) is 70.6 Å². The van der Waals surface area contributed by atoms with Crippen LogP contribution in [0.2, 0.25) is 0 Å². The topological polar surface area (TPSA) is 46.6 Å². The molecule has 132 valence electrons. The number of amides is 2. The van der Waals surface area contributed by atoms with Crippen molar-refractivity contribution in [3.05, 3.63) is 76.2 Å². The average molecular weight is 386 g/mol. The number of para-hydroxylation sites is 2. The Bertz CT molecular complexity index is 893. The highest BCUT2D eigenvalue weighted by atomic mass is 35.5. The fourth-order valence-corrected chi connectivity index (χ4v) is 3.60. The molecule has 1 aliphatic heterocycles. The van der Waals surface area contributed by atoms with E-state index in [0.717, 1.165) is 22.2 Å². The molecule has 0 atom stereocenters. The smallest absolute Gasteiger partial charge is 0.298 e. The number of anilines is 1. The van der Waals surface area contributed by atoms with Crippen molar-refractivity contribution in [3.63, 3.8) is 0 Å². The average Bonchev–Trinajstić information content (AvgIpc) is 2.90. The van der Waals surface area contributed by atoms with Crippen LogP contribution < -0.4 is 9.64 Å². The van der Waals surface area contributed by atoms with E-state index in [1.807, 2.05) is 37.3 Å². The van der Waals surface area contributed by atoms with Gasteiger partial charge in [0.25, 0.3) is 11.1 Å². The van der Waals surface area contributed by atoms with Crippen molar-refractivity contribution in [2.45, 2.75) is 6.92 Å². The summed E-state index contributed by atoms with van der Waals surface area (Å²) in [5.41, 5.74) is 1.35. The predicted molar refractivity (Wildman–Crippen MR) is 106 cm³/mol. The standard InChI is InChI=1S/C20H16ClNO3S/c1-2-25-17-11-7-6-10-16(17)22-19(23)18(26-20(22)24)13-15(21)12-14-8-4-3-5-9-14/h3-13H,2H2,1H3/b15-12-,18-13-. The molecule has 0 unspecified atom stereocenters. The van der Waals surface area contributed by atoms with Crippen LogP contribution in [0.4, 0.5) is 10.5 Å². The Balaban J connectivity index is 1.89. The van der Waals surface area contributed by atoms with Gasteiger partial charge in [0.1, 0.15) is 5.75 Å². The molecule has 4 nitrogen and oxygen atoms in total. The molecule has 0 N–H and O–H groups in total. The third-order valence-electron chi connectivity index (χ3n) is 3.57. The van der Waals surface area contributed by atoms with Crippen LogP contribution >= 0.6 is 23.4 Å². The minimum absolute atomic E-state index is 0.276. The van der Waals surface area contributed by atoms with Gasteiger partial charge in [-0.2, -0.15) is 0 Å². The van der Waals surface area contributed by atoms with Crippen molar-refractivity contribution in [1.29, 1.82) is 0 Å². The molecule has 0 spiro atoms. The van der Waals surface area contributed by atoms with E-state index in [1.165, 1.54) is 6.08 Å². The lowest BCUT2D eigenvalue weighted by molar-refractivity contribution is -0.113. The maximum absolute atomic E-state index is 12.7. The number of allylic oxidation sites excluding steroid dienone is 2. The molecule has 26 heavy (non-hydrogen) atoms. The van der Waals surface area contributed by atoms with Gasteiger partial charge < -0.3 is 4.74 Å². The molecule has 0 aromatic heterocycles. The van der Waals surface area contributed by atoms with Gasteiger partial charge in [-0.1, -0.05) is 54.1 Å². The summed E-state index contributed by atoms with van der Waals surface area (Å²) in [5, 5.41) is -0.00243. The van der Waals surface area contributed by atoms with Crippen molar-refractivity contribution >= 4 is 46.3 Å². The number of rotatable bonds is 5. The number of carbonyl (C=O) groups excluding carboxylic acids is 2. The molecular weight excluding hydrogens is 370 g/mol. The molecule has 6 heteroatoms. The minimum atomic E-state index is -0.410. The van der Waals surface area contributed by atoms with Crippen LogP contribution in [-0.4, -0.2) is 17.8 Å². The van der Waals surface area contributed by atoms with E-state index >= 15 is 0 Å². The van der Waals surface area contributed by atoms with Crippen molar-refractivity contribution < 1.29 is 14.3 Å². The Hall–Kier alpha value is -2.50. The number of imide groups is 1. The van der Waals surface area contributed by atoms with Gasteiger partial charge in [-0.3, -0.25) is 9.59 Å². The van der Waals surface area contributed by atoms with Crippen LogP contribution in [0, 0.1) is 0 Å². The Morgan fingerprint density at radius 3 is 2.54 bits per heavy atom. The van der Waals surface area contributed by atoms with E-state index in [4.69, 9.17) is 16.3 Å². The van der Waals surface area contributed by atoms with Gasteiger partial charge >= 0.3 is 0 Å². The highest BCUT2D eigenvalue weighted by molar-refractivity contribution is 8.18. The van der Waals surface area contributed by atoms with E-state index in [0.29, 0.717) is 23.1 Å². The summed E-state index contributed by atoms with van der Waals surface area (Å²) in [7, 11) is 0. The number of hydrogen-bond acceptors (Lipinski definition) is 4. The maximum Gasteiger partial charge on any atom is 0.298 e. The van der Waals surface area contributed by atoms with Gasteiger partial charge in [-0.15, -0.1) is 0 Å². The number of nitrogens with zero attached hydrogens (tertiary/aromatic N) is 1. The molecule has 0 saturated carbocycles. The molecule has 1 saturated heterocycles. The van der Waals surface area contributed by atoms with Gasteiger partial charge in [-0.25, -0.2) is 4.90 Å². The molecule has 3 rings (SSSR count). The van der Waals surface area contributed by atoms with Gasteiger partial charge in [-0.05, 0) is 48.5 Å². The highest BCUT2D eigenvalue weighted by Gasteiger charge is 2.37. The predicted octanol–water partition coefficient (Wildman–Crippen LogP) is 5.45. The number of benzene rings is 2. The SMILES string of the molecule is CCOc1ccccc1N1C(=O)S/C(=C\C(Cl)=C\c2ccccc2)C1=O. The van der Waals surface area contributed by atoms with Crippen molar-refractivity contribution in [1.82, 2.24) is 0 Å². The van der Waals surface area contributed by atoms with Crippen LogP contribution in [-0.2, 0) is 4.79 Å². The first-order valence-electron chi connectivity index (χ1n) is 8.02. The summed E-state index contributed by atoms with van der Waals surface area (Å²) in [4.78, 5) is 26.5. The summed E-state index contributed by atoms with van der Waals surface area (Å²) >= 11 is 7.11. The zero-order valence-corrected chi connectivity index (χ0v) is 15.6. The monoisotopic (exact) mass is 385 g/mol. The zero-order chi connectivity index (χ0) is 18.5. The van der Waals surface area contributed by atoms with Gasteiger partial charge in [0.2, 0.25) is 0 Å². The third kappa shape index (κ3) is 4.00. The van der Waals surface area contributed by atoms with Crippen molar-refractivity contribution in [2.24, 2.45) is 0 Å². The van der Waals surface area contributed by atoms with Gasteiger partial charge in [0, 0.05) is 5.03 Å². The van der Waals surface area contributed by atoms with E-state index in [1.54, 1.807) is 30.3 Å². The second-order valence-electron chi connectivity index (χ2n) is 5.36. The lowest BCUT2D eigenvalue weighted by Crippen LogP contribution is -2.28. The molecule has 0 aliphatic carbocycles. The van der Waals surface area contributed by atoms with Crippen molar-refractivity contribution in [3.8, 4) is 5.75 Å². The summed E-state index contributed by atoms with van der Waals surface area (Å²) in [6, 6.07) is 16.5. The second-order valence-corrected chi connectivity index (χ2v) is 6.79. The summed E-state index contributed by atoms with van der Waals surface area (Å²) < 4.78 is 5.53. The molecule has 0 bridgehead atoms. The molecule has 0 radical (unpaired) electrons. The molecule has 2 aromatic rings. The largest absolute Gasteiger partial charge is 0.492 e. The van der Waals surface area contributed by atoms with Gasteiger partial charge in [0.05, 0.1) is 17.2 Å². The molecule has 2 aromatic carbocycles.